The first-order valence-electron chi connectivity index (χ1n) is 7.65. The maximum atomic E-state index is 14.3. The largest absolute Gasteiger partial charge is 0.385 e. The topological polar surface area (TPSA) is 105 Å². The molecule has 4 N–H and O–H groups in total. The van der Waals surface area contributed by atoms with Crippen LogP contribution in [0.15, 0.2) is 29.3 Å². The molecule has 146 valence electrons. The lowest BCUT2D eigenvalue weighted by Crippen LogP contribution is -2.45. The smallest absolute Gasteiger partial charge is 0.276 e. The number of nitrogens with two attached hydrogens (primary N) is 1. The first-order valence-corrected chi connectivity index (χ1v) is 7.65. The van der Waals surface area contributed by atoms with E-state index in [4.69, 9.17) is 10.5 Å². The van der Waals surface area contributed by atoms with Crippen LogP contribution in [0.3, 0.4) is 0 Å². The Balaban J connectivity index is 0.00000261. The number of carbonyl (C=O) groups is 1. The highest BCUT2D eigenvalue weighted by Gasteiger charge is 2.46. The average Bonchev–Trinajstić information content (AvgIpc) is 3.03. The minimum absolute atomic E-state index is 0. The zero-order valence-corrected chi connectivity index (χ0v) is 14.9. The fraction of sp³-hybridized carbons (Fsp3) is 0.312. The van der Waals surface area contributed by atoms with Gasteiger partial charge in [0.25, 0.3) is 12.3 Å². The summed E-state index contributed by atoms with van der Waals surface area (Å²) in [5.74, 6) is -1.63. The van der Waals surface area contributed by atoms with Gasteiger partial charge in [-0.2, -0.15) is 5.10 Å². The highest BCUT2D eigenvalue weighted by molar-refractivity contribution is 6.02. The molecule has 0 unspecified atom stereocenters. The molecular weight excluding hydrogens is 387 g/mol. The number of carbonyl (C=O) groups excluding carboxylic acids is 1. The van der Waals surface area contributed by atoms with E-state index < -0.39 is 35.9 Å². The number of anilines is 1. The normalized spacial score (nSPS) is 19.4. The first-order chi connectivity index (χ1) is 12.3. The number of nitrogens with one attached hydrogen (secondary N) is 2. The number of alkyl halides is 2. The van der Waals surface area contributed by atoms with Crippen LogP contribution in [0.25, 0.3) is 0 Å². The third-order valence-electron chi connectivity index (χ3n) is 3.91. The van der Waals surface area contributed by atoms with Crippen LogP contribution in [0.5, 0.6) is 0 Å². The quantitative estimate of drug-likeness (QED) is 0.728. The average molecular weight is 404 g/mol. The lowest BCUT2D eigenvalue weighted by atomic mass is 9.90. The number of amidine groups is 1. The van der Waals surface area contributed by atoms with Crippen LogP contribution in [0, 0.1) is 12.7 Å². The van der Waals surface area contributed by atoms with Gasteiger partial charge in [0.05, 0.1) is 6.61 Å². The van der Waals surface area contributed by atoms with E-state index in [0.29, 0.717) is 5.69 Å². The number of H-pyrrole nitrogens is 1. The van der Waals surface area contributed by atoms with Crippen molar-refractivity contribution >= 4 is 29.8 Å². The third-order valence-corrected chi connectivity index (χ3v) is 3.91. The SMILES string of the molecule is Cc1cc(C(=O)Nc2ccc(F)c([C@]3(C(F)F)COCC(N)=N3)c2)n[nH]1.Cl. The lowest BCUT2D eigenvalue weighted by molar-refractivity contribution is -0.0145. The maximum Gasteiger partial charge on any atom is 0.276 e. The maximum absolute atomic E-state index is 14.3. The number of amides is 1. The van der Waals surface area contributed by atoms with Gasteiger partial charge in [-0.15, -0.1) is 12.4 Å². The Kier molecular flexibility index (Phi) is 6.11. The standard InChI is InChI=1S/C16H16F3N5O2.ClH/c1-8-4-12(24-23-8)14(25)21-9-2-3-11(17)10(5-9)16(15(18)19)7-26-6-13(20)22-16;/h2-5,15H,6-7H2,1H3,(H2,20,22)(H,21,25)(H,23,24);1H/t16-;/m0./s1. The van der Waals surface area contributed by atoms with Crippen LogP contribution >= 0.6 is 12.4 Å². The van der Waals surface area contributed by atoms with E-state index in [1.807, 2.05) is 0 Å². The van der Waals surface area contributed by atoms with E-state index in [0.717, 1.165) is 12.1 Å². The molecule has 2 heterocycles. The number of aliphatic imine (C=N–C) groups is 1. The van der Waals surface area contributed by atoms with Crippen LogP contribution in [-0.2, 0) is 10.3 Å². The van der Waals surface area contributed by atoms with Gasteiger partial charge in [-0.3, -0.25) is 14.9 Å². The van der Waals surface area contributed by atoms with Gasteiger partial charge in [-0.25, -0.2) is 13.2 Å². The van der Waals surface area contributed by atoms with E-state index in [2.05, 4.69) is 20.5 Å². The minimum Gasteiger partial charge on any atom is -0.385 e. The van der Waals surface area contributed by atoms with E-state index in [-0.39, 0.29) is 36.2 Å². The molecule has 1 aliphatic rings. The van der Waals surface area contributed by atoms with Gasteiger partial charge in [0, 0.05) is 16.9 Å². The molecule has 7 nitrogen and oxygen atoms in total. The van der Waals surface area contributed by atoms with Gasteiger partial charge < -0.3 is 15.8 Å². The summed E-state index contributed by atoms with van der Waals surface area (Å²) in [5, 5.41) is 8.91. The molecule has 1 atom stereocenters. The number of aromatic amines is 1. The molecule has 1 aliphatic heterocycles. The molecule has 1 amide bonds. The van der Waals surface area contributed by atoms with Gasteiger partial charge in [0.1, 0.15) is 18.3 Å². The molecule has 0 saturated heterocycles. The Hall–Kier alpha value is -2.59. The molecule has 0 aliphatic carbocycles. The Morgan fingerprint density at radius 3 is 2.74 bits per heavy atom. The fourth-order valence-electron chi connectivity index (χ4n) is 2.66. The summed E-state index contributed by atoms with van der Waals surface area (Å²) in [6, 6.07) is 4.85. The summed E-state index contributed by atoms with van der Waals surface area (Å²) in [7, 11) is 0. The number of hydrogen-bond acceptors (Lipinski definition) is 5. The summed E-state index contributed by atoms with van der Waals surface area (Å²) >= 11 is 0. The number of hydrogen-bond donors (Lipinski definition) is 3. The van der Waals surface area contributed by atoms with E-state index >= 15 is 0 Å². The number of ether oxygens (including phenoxy) is 1. The molecule has 0 spiro atoms. The van der Waals surface area contributed by atoms with Crippen LogP contribution in [-0.4, -0.2) is 41.6 Å². The summed E-state index contributed by atoms with van der Waals surface area (Å²) < 4.78 is 46.9. The zero-order valence-electron chi connectivity index (χ0n) is 14.1. The molecule has 2 aromatic rings. The van der Waals surface area contributed by atoms with Crippen molar-refractivity contribution < 1.29 is 22.7 Å². The first kappa shape index (κ1) is 20.7. The number of aromatic nitrogens is 2. The van der Waals surface area contributed by atoms with Crippen molar-refractivity contribution in [2.75, 3.05) is 18.5 Å². The summed E-state index contributed by atoms with van der Waals surface area (Å²) in [5.41, 5.74) is 3.75. The predicted molar refractivity (Wildman–Crippen MR) is 95.0 cm³/mol. The van der Waals surface area contributed by atoms with Crippen LogP contribution in [0.1, 0.15) is 21.7 Å². The Labute approximate surface area is 158 Å². The lowest BCUT2D eigenvalue weighted by Gasteiger charge is -2.33. The molecule has 0 bridgehead atoms. The van der Waals surface area contributed by atoms with Crippen molar-refractivity contribution in [2.24, 2.45) is 10.7 Å². The van der Waals surface area contributed by atoms with Crippen molar-refractivity contribution in [2.45, 2.75) is 18.9 Å². The van der Waals surface area contributed by atoms with Gasteiger partial charge in [0.2, 0.25) is 0 Å². The van der Waals surface area contributed by atoms with Crippen LogP contribution in [0.2, 0.25) is 0 Å². The Morgan fingerprint density at radius 2 is 2.15 bits per heavy atom. The summed E-state index contributed by atoms with van der Waals surface area (Å²) in [6.45, 7) is 1.08. The number of aryl methyl sites for hydroxylation is 1. The molecular formula is C16H17ClF3N5O2. The monoisotopic (exact) mass is 403 g/mol. The number of rotatable bonds is 4. The van der Waals surface area contributed by atoms with E-state index in [1.165, 1.54) is 12.1 Å². The van der Waals surface area contributed by atoms with Gasteiger partial charge in [-0.1, -0.05) is 0 Å². The molecule has 3 rings (SSSR count). The third kappa shape index (κ3) is 4.06. The van der Waals surface area contributed by atoms with Crippen LogP contribution in [0.4, 0.5) is 18.9 Å². The van der Waals surface area contributed by atoms with Crippen LogP contribution < -0.4 is 11.1 Å². The molecule has 0 fully saturated rings. The van der Waals surface area contributed by atoms with Crippen molar-refractivity contribution in [3.63, 3.8) is 0 Å². The molecule has 1 aromatic carbocycles. The van der Waals surface area contributed by atoms with Crippen molar-refractivity contribution in [3.05, 3.63) is 47.0 Å². The van der Waals surface area contributed by atoms with Crippen molar-refractivity contribution in [1.29, 1.82) is 0 Å². The second kappa shape index (κ2) is 7.97. The molecule has 0 radical (unpaired) electrons. The molecule has 27 heavy (non-hydrogen) atoms. The highest BCUT2D eigenvalue weighted by Crippen LogP contribution is 2.37. The minimum atomic E-state index is -3.06. The summed E-state index contributed by atoms with van der Waals surface area (Å²) in [6.07, 6.45) is -3.06. The summed E-state index contributed by atoms with van der Waals surface area (Å²) in [4.78, 5) is 15.9. The highest BCUT2D eigenvalue weighted by atomic mass is 35.5. The molecule has 11 heteroatoms. The Bertz CT molecular complexity index is 873. The fourth-order valence-corrected chi connectivity index (χ4v) is 2.66. The predicted octanol–water partition coefficient (Wildman–Crippen LogP) is 2.38. The van der Waals surface area contributed by atoms with Gasteiger partial charge in [0.15, 0.2) is 11.2 Å². The second-order valence-corrected chi connectivity index (χ2v) is 5.91. The van der Waals surface area contributed by atoms with Crippen molar-refractivity contribution in [3.8, 4) is 0 Å². The number of halogens is 4. The number of nitrogens with zero attached hydrogens (tertiary/aromatic N) is 2. The Morgan fingerprint density at radius 1 is 1.41 bits per heavy atom. The molecule has 1 aromatic heterocycles. The second-order valence-electron chi connectivity index (χ2n) is 5.91. The van der Waals surface area contributed by atoms with E-state index in [1.54, 1.807) is 6.92 Å². The van der Waals surface area contributed by atoms with Gasteiger partial charge in [-0.05, 0) is 31.2 Å². The van der Waals surface area contributed by atoms with Crippen molar-refractivity contribution in [1.82, 2.24) is 10.2 Å². The zero-order chi connectivity index (χ0) is 18.9. The van der Waals surface area contributed by atoms with E-state index in [9.17, 15) is 18.0 Å². The molecule has 0 saturated carbocycles. The number of benzene rings is 1. The van der Waals surface area contributed by atoms with Gasteiger partial charge >= 0.3 is 0 Å².